The number of carbonyl (C=O) groups is 1. The molecule has 0 radical (unpaired) electrons. The van der Waals surface area contributed by atoms with E-state index in [0.717, 1.165) is 19.3 Å². The Morgan fingerprint density at radius 2 is 2.33 bits per heavy atom. The largest absolute Gasteiger partial charge is 0.353 e. The van der Waals surface area contributed by atoms with Crippen molar-refractivity contribution in [1.29, 1.82) is 0 Å². The molecule has 4 N–H and O–H groups in total. The molecule has 1 saturated heterocycles. The SMILES string of the molecule is CC(C)C(=O)Nc1nc2c(ncn2C2CCCC(CN)O2)c(=O)[nH]1. The molecular formula is C15H22N6O3. The Morgan fingerprint density at radius 3 is 3.04 bits per heavy atom. The second-order valence-electron chi connectivity index (χ2n) is 6.26. The van der Waals surface area contributed by atoms with E-state index >= 15 is 0 Å². The van der Waals surface area contributed by atoms with Gasteiger partial charge in [0.15, 0.2) is 11.2 Å². The minimum absolute atomic E-state index is 0.0108. The van der Waals surface area contributed by atoms with Crippen LogP contribution in [0.25, 0.3) is 11.2 Å². The number of amides is 1. The van der Waals surface area contributed by atoms with Crippen molar-refractivity contribution < 1.29 is 9.53 Å². The predicted molar refractivity (Wildman–Crippen MR) is 88.4 cm³/mol. The number of ether oxygens (including phenoxy) is 1. The number of hydrogen-bond acceptors (Lipinski definition) is 6. The Labute approximate surface area is 138 Å². The van der Waals surface area contributed by atoms with Crippen molar-refractivity contribution >= 4 is 23.0 Å². The van der Waals surface area contributed by atoms with Gasteiger partial charge in [-0.25, -0.2) is 4.98 Å². The van der Waals surface area contributed by atoms with E-state index in [4.69, 9.17) is 10.5 Å². The first-order valence-corrected chi connectivity index (χ1v) is 8.13. The molecule has 0 spiro atoms. The van der Waals surface area contributed by atoms with Gasteiger partial charge in [-0.2, -0.15) is 4.98 Å². The Bertz CT molecular complexity index is 796. The molecular weight excluding hydrogens is 312 g/mol. The van der Waals surface area contributed by atoms with E-state index in [0.29, 0.717) is 12.2 Å². The minimum Gasteiger partial charge on any atom is -0.353 e. The smallest absolute Gasteiger partial charge is 0.280 e. The highest BCUT2D eigenvalue weighted by Gasteiger charge is 2.25. The average molecular weight is 334 g/mol. The number of nitrogens with two attached hydrogens (primary N) is 1. The van der Waals surface area contributed by atoms with Crippen LogP contribution in [0.5, 0.6) is 0 Å². The molecule has 2 aromatic rings. The highest BCUT2D eigenvalue weighted by atomic mass is 16.5. The van der Waals surface area contributed by atoms with E-state index in [2.05, 4.69) is 20.3 Å². The molecule has 1 aliphatic rings. The molecule has 0 bridgehead atoms. The molecule has 2 aromatic heterocycles. The molecule has 24 heavy (non-hydrogen) atoms. The van der Waals surface area contributed by atoms with Gasteiger partial charge in [0.1, 0.15) is 6.23 Å². The second kappa shape index (κ2) is 6.70. The number of hydrogen-bond donors (Lipinski definition) is 3. The van der Waals surface area contributed by atoms with Crippen molar-refractivity contribution in [2.24, 2.45) is 11.7 Å². The normalized spacial score (nSPS) is 21.3. The summed E-state index contributed by atoms with van der Waals surface area (Å²) in [4.78, 5) is 35.0. The number of imidazole rings is 1. The first-order chi connectivity index (χ1) is 11.5. The number of H-pyrrole nitrogens is 1. The third-order valence-corrected chi connectivity index (χ3v) is 4.10. The van der Waals surface area contributed by atoms with Gasteiger partial charge >= 0.3 is 0 Å². The molecule has 1 fully saturated rings. The van der Waals surface area contributed by atoms with Crippen LogP contribution in [-0.4, -0.2) is 38.1 Å². The summed E-state index contributed by atoms with van der Waals surface area (Å²) in [7, 11) is 0. The summed E-state index contributed by atoms with van der Waals surface area (Å²) in [6.45, 7) is 3.98. The van der Waals surface area contributed by atoms with Crippen molar-refractivity contribution in [2.45, 2.75) is 45.4 Å². The van der Waals surface area contributed by atoms with Crippen LogP contribution in [0.1, 0.15) is 39.3 Å². The molecule has 1 amide bonds. The standard InChI is InChI=1S/C15H22N6O3/c1-8(2)13(22)19-15-18-12-11(14(23)20-15)17-7-21(12)10-5-3-4-9(6-16)24-10/h7-10H,3-6,16H2,1-2H3,(H2,18,19,20,22,23). The first-order valence-electron chi connectivity index (χ1n) is 8.13. The fourth-order valence-corrected chi connectivity index (χ4v) is 2.71. The summed E-state index contributed by atoms with van der Waals surface area (Å²) in [6, 6.07) is 0. The van der Waals surface area contributed by atoms with Gasteiger partial charge < -0.3 is 10.5 Å². The minimum atomic E-state index is -0.399. The topological polar surface area (TPSA) is 128 Å². The molecule has 1 aliphatic heterocycles. The van der Waals surface area contributed by atoms with Gasteiger partial charge in [-0.05, 0) is 19.3 Å². The molecule has 2 atom stereocenters. The van der Waals surface area contributed by atoms with E-state index in [1.165, 1.54) is 0 Å². The van der Waals surface area contributed by atoms with E-state index in [-0.39, 0.29) is 35.6 Å². The van der Waals surface area contributed by atoms with E-state index < -0.39 is 5.56 Å². The van der Waals surface area contributed by atoms with Gasteiger partial charge in [0.05, 0.1) is 12.4 Å². The van der Waals surface area contributed by atoms with Crippen molar-refractivity contribution in [3.63, 3.8) is 0 Å². The summed E-state index contributed by atoms with van der Waals surface area (Å²) in [6.07, 6.45) is 3.97. The summed E-state index contributed by atoms with van der Waals surface area (Å²) >= 11 is 0. The van der Waals surface area contributed by atoms with Gasteiger partial charge in [-0.15, -0.1) is 0 Å². The lowest BCUT2D eigenvalue weighted by Crippen LogP contribution is -2.31. The molecule has 130 valence electrons. The second-order valence-corrected chi connectivity index (χ2v) is 6.26. The van der Waals surface area contributed by atoms with Gasteiger partial charge in [0.25, 0.3) is 5.56 Å². The molecule has 9 nitrogen and oxygen atoms in total. The van der Waals surface area contributed by atoms with Crippen LogP contribution in [-0.2, 0) is 9.53 Å². The van der Waals surface area contributed by atoms with Crippen LogP contribution in [0.15, 0.2) is 11.1 Å². The number of carbonyl (C=O) groups excluding carboxylic acids is 1. The third kappa shape index (κ3) is 3.17. The first kappa shape index (κ1) is 16.6. The fourth-order valence-electron chi connectivity index (χ4n) is 2.71. The summed E-state index contributed by atoms with van der Waals surface area (Å²) in [5.41, 5.74) is 5.90. The summed E-state index contributed by atoms with van der Waals surface area (Å²) in [5.74, 6) is -0.331. The summed E-state index contributed by atoms with van der Waals surface area (Å²) < 4.78 is 7.68. The third-order valence-electron chi connectivity index (χ3n) is 4.10. The van der Waals surface area contributed by atoms with Crippen molar-refractivity contribution in [3.8, 4) is 0 Å². The lowest BCUT2D eigenvalue weighted by Gasteiger charge is -2.30. The van der Waals surface area contributed by atoms with Crippen LogP contribution in [0.2, 0.25) is 0 Å². The van der Waals surface area contributed by atoms with Crippen LogP contribution in [0.4, 0.5) is 5.95 Å². The Balaban J connectivity index is 1.96. The van der Waals surface area contributed by atoms with Gasteiger partial charge in [0.2, 0.25) is 11.9 Å². The van der Waals surface area contributed by atoms with Crippen LogP contribution in [0, 0.1) is 5.92 Å². The number of nitrogens with zero attached hydrogens (tertiary/aromatic N) is 3. The van der Waals surface area contributed by atoms with E-state index in [1.54, 1.807) is 24.7 Å². The van der Waals surface area contributed by atoms with Gasteiger partial charge in [-0.3, -0.25) is 24.5 Å². The number of nitrogens with one attached hydrogen (secondary N) is 2. The fraction of sp³-hybridized carbons (Fsp3) is 0.600. The maximum Gasteiger partial charge on any atom is 0.280 e. The van der Waals surface area contributed by atoms with Crippen molar-refractivity contribution in [3.05, 3.63) is 16.7 Å². The predicted octanol–water partition coefficient (Wildman–Crippen LogP) is 0.741. The number of aromatic nitrogens is 4. The monoisotopic (exact) mass is 334 g/mol. The Kier molecular flexibility index (Phi) is 4.63. The van der Waals surface area contributed by atoms with Gasteiger partial charge in [-0.1, -0.05) is 13.8 Å². The molecule has 0 saturated carbocycles. The number of rotatable bonds is 4. The zero-order valence-corrected chi connectivity index (χ0v) is 13.8. The van der Waals surface area contributed by atoms with Gasteiger partial charge in [0, 0.05) is 12.5 Å². The molecule has 2 unspecified atom stereocenters. The quantitative estimate of drug-likeness (QED) is 0.756. The molecule has 3 rings (SSSR count). The molecule has 0 aromatic carbocycles. The zero-order chi connectivity index (χ0) is 17.3. The maximum absolute atomic E-state index is 12.2. The van der Waals surface area contributed by atoms with Crippen LogP contribution >= 0.6 is 0 Å². The zero-order valence-electron chi connectivity index (χ0n) is 13.8. The van der Waals surface area contributed by atoms with Crippen LogP contribution < -0.4 is 16.6 Å². The van der Waals surface area contributed by atoms with Crippen LogP contribution in [0.3, 0.4) is 0 Å². The van der Waals surface area contributed by atoms with E-state index in [1.807, 2.05) is 0 Å². The lowest BCUT2D eigenvalue weighted by atomic mass is 10.1. The lowest BCUT2D eigenvalue weighted by molar-refractivity contribution is -0.118. The number of anilines is 1. The number of fused-ring (bicyclic) bond motifs is 1. The maximum atomic E-state index is 12.2. The van der Waals surface area contributed by atoms with Crippen molar-refractivity contribution in [2.75, 3.05) is 11.9 Å². The Morgan fingerprint density at radius 1 is 1.54 bits per heavy atom. The average Bonchev–Trinajstić information content (AvgIpc) is 2.99. The highest BCUT2D eigenvalue weighted by molar-refractivity contribution is 5.91. The van der Waals surface area contributed by atoms with Crippen molar-refractivity contribution in [1.82, 2.24) is 19.5 Å². The molecule has 3 heterocycles. The van der Waals surface area contributed by atoms with E-state index in [9.17, 15) is 9.59 Å². The number of aromatic amines is 1. The summed E-state index contributed by atoms with van der Waals surface area (Å²) in [5, 5.41) is 2.61. The molecule has 0 aliphatic carbocycles. The Hall–Kier alpha value is -2.26. The molecule has 9 heteroatoms. The highest BCUT2D eigenvalue weighted by Crippen LogP contribution is 2.28.